The SMILES string of the molecule is Cc1ccc(C(=O)NCC(F)(F)F)c(C#CCCO)c1. The number of aryl methyl sites for hydroxylation is 1. The molecule has 3 nitrogen and oxygen atoms in total. The lowest BCUT2D eigenvalue weighted by Gasteiger charge is -2.10. The van der Waals surface area contributed by atoms with E-state index in [9.17, 15) is 18.0 Å². The Morgan fingerprint density at radius 2 is 2.10 bits per heavy atom. The lowest BCUT2D eigenvalue weighted by Crippen LogP contribution is -2.34. The molecule has 0 saturated carbocycles. The van der Waals surface area contributed by atoms with Crippen LogP contribution < -0.4 is 5.32 Å². The maximum atomic E-state index is 12.1. The highest BCUT2D eigenvalue weighted by atomic mass is 19.4. The molecule has 0 saturated heterocycles. The molecular formula is C14H14F3NO2. The number of nitrogens with one attached hydrogen (secondary N) is 1. The smallest absolute Gasteiger partial charge is 0.395 e. The van der Waals surface area contributed by atoms with Crippen molar-refractivity contribution in [3.63, 3.8) is 0 Å². The lowest BCUT2D eigenvalue weighted by atomic mass is 10.0. The number of rotatable bonds is 3. The molecule has 1 rings (SSSR count). The van der Waals surface area contributed by atoms with Crippen LogP contribution in [0.1, 0.15) is 27.9 Å². The summed E-state index contributed by atoms with van der Waals surface area (Å²) < 4.78 is 36.2. The van der Waals surface area contributed by atoms with E-state index in [4.69, 9.17) is 5.11 Å². The van der Waals surface area contributed by atoms with Gasteiger partial charge in [0.15, 0.2) is 0 Å². The summed E-state index contributed by atoms with van der Waals surface area (Å²) in [6.07, 6.45) is -4.22. The lowest BCUT2D eigenvalue weighted by molar-refractivity contribution is -0.123. The van der Waals surface area contributed by atoms with Crippen LogP contribution in [0.25, 0.3) is 0 Å². The van der Waals surface area contributed by atoms with E-state index in [1.807, 2.05) is 5.32 Å². The first-order valence-electron chi connectivity index (χ1n) is 5.89. The van der Waals surface area contributed by atoms with Crippen LogP contribution in [0.3, 0.4) is 0 Å². The van der Waals surface area contributed by atoms with E-state index < -0.39 is 18.6 Å². The fourth-order valence-electron chi connectivity index (χ4n) is 1.45. The molecule has 0 aliphatic rings. The molecule has 0 bridgehead atoms. The highest BCUT2D eigenvalue weighted by molar-refractivity contribution is 5.96. The maximum absolute atomic E-state index is 12.1. The third-order valence-corrected chi connectivity index (χ3v) is 2.33. The van der Waals surface area contributed by atoms with Crippen molar-refractivity contribution in [3.05, 3.63) is 34.9 Å². The van der Waals surface area contributed by atoms with E-state index in [1.165, 1.54) is 6.07 Å². The van der Waals surface area contributed by atoms with Gasteiger partial charge in [0.05, 0.1) is 12.2 Å². The summed E-state index contributed by atoms with van der Waals surface area (Å²) in [5.74, 6) is 4.50. The van der Waals surface area contributed by atoms with Gasteiger partial charge in [-0.25, -0.2) is 0 Å². The van der Waals surface area contributed by atoms with Crippen molar-refractivity contribution in [2.24, 2.45) is 0 Å². The van der Waals surface area contributed by atoms with Crippen LogP contribution >= 0.6 is 0 Å². The second-order valence-electron chi connectivity index (χ2n) is 4.12. The number of amides is 1. The van der Waals surface area contributed by atoms with Crippen LogP contribution in [0, 0.1) is 18.8 Å². The summed E-state index contributed by atoms with van der Waals surface area (Å²) in [6.45, 7) is 0.284. The third kappa shape index (κ3) is 5.33. The summed E-state index contributed by atoms with van der Waals surface area (Å²) in [5.41, 5.74) is 1.27. The van der Waals surface area contributed by atoms with Crippen molar-refractivity contribution in [1.29, 1.82) is 0 Å². The zero-order valence-electron chi connectivity index (χ0n) is 10.8. The Balaban J connectivity index is 2.94. The van der Waals surface area contributed by atoms with Crippen LogP contribution in [-0.2, 0) is 0 Å². The molecule has 0 radical (unpaired) electrons. The van der Waals surface area contributed by atoms with Crippen LogP contribution in [0.15, 0.2) is 18.2 Å². The number of hydrogen-bond acceptors (Lipinski definition) is 2. The van der Waals surface area contributed by atoms with Gasteiger partial charge in [-0.3, -0.25) is 4.79 Å². The molecule has 0 aromatic heterocycles. The molecule has 0 fully saturated rings. The number of hydrogen-bond donors (Lipinski definition) is 2. The monoisotopic (exact) mass is 285 g/mol. The molecular weight excluding hydrogens is 271 g/mol. The zero-order valence-corrected chi connectivity index (χ0v) is 10.8. The Morgan fingerprint density at radius 1 is 1.40 bits per heavy atom. The minimum Gasteiger partial charge on any atom is -0.395 e. The van der Waals surface area contributed by atoms with E-state index in [0.717, 1.165) is 5.56 Å². The molecule has 0 heterocycles. The molecule has 0 spiro atoms. The summed E-state index contributed by atoms with van der Waals surface area (Å²) >= 11 is 0. The fraction of sp³-hybridized carbons (Fsp3) is 0.357. The van der Waals surface area contributed by atoms with E-state index in [1.54, 1.807) is 19.1 Å². The third-order valence-electron chi connectivity index (χ3n) is 2.33. The fourth-order valence-corrected chi connectivity index (χ4v) is 1.45. The number of benzene rings is 1. The molecule has 20 heavy (non-hydrogen) atoms. The van der Waals surface area contributed by atoms with Gasteiger partial charge in [0.25, 0.3) is 5.91 Å². The minimum absolute atomic E-state index is 0.0882. The normalized spacial score (nSPS) is 10.7. The Hall–Kier alpha value is -2.00. The number of halogens is 3. The first kappa shape index (κ1) is 16.1. The van der Waals surface area contributed by atoms with Crippen molar-refractivity contribution in [1.82, 2.24) is 5.32 Å². The van der Waals surface area contributed by atoms with Gasteiger partial charge in [-0.2, -0.15) is 13.2 Å². The van der Waals surface area contributed by atoms with Gasteiger partial charge in [0.2, 0.25) is 0 Å². The van der Waals surface area contributed by atoms with Gasteiger partial charge in [0, 0.05) is 12.0 Å². The highest BCUT2D eigenvalue weighted by Crippen LogP contribution is 2.14. The van der Waals surface area contributed by atoms with E-state index in [2.05, 4.69) is 11.8 Å². The predicted octanol–water partition coefficient (Wildman–Crippen LogP) is 2.02. The van der Waals surface area contributed by atoms with Gasteiger partial charge in [0.1, 0.15) is 6.54 Å². The molecule has 6 heteroatoms. The van der Waals surface area contributed by atoms with E-state index in [0.29, 0.717) is 5.56 Å². The van der Waals surface area contributed by atoms with Crippen molar-refractivity contribution in [2.45, 2.75) is 19.5 Å². The first-order valence-corrected chi connectivity index (χ1v) is 5.89. The van der Waals surface area contributed by atoms with Crippen LogP contribution in [0.2, 0.25) is 0 Å². The number of aliphatic hydroxyl groups is 1. The largest absolute Gasteiger partial charge is 0.405 e. The van der Waals surface area contributed by atoms with Gasteiger partial charge >= 0.3 is 6.18 Å². The van der Waals surface area contributed by atoms with E-state index >= 15 is 0 Å². The molecule has 2 N–H and O–H groups in total. The van der Waals surface area contributed by atoms with Crippen molar-refractivity contribution in [2.75, 3.05) is 13.2 Å². The van der Waals surface area contributed by atoms with Gasteiger partial charge < -0.3 is 10.4 Å². The quantitative estimate of drug-likeness (QED) is 0.835. The summed E-state index contributed by atoms with van der Waals surface area (Å²) in [5, 5.41) is 10.5. The average Bonchev–Trinajstić information content (AvgIpc) is 2.36. The maximum Gasteiger partial charge on any atom is 0.405 e. The van der Waals surface area contributed by atoms with Gasteiger partial charge in [-0.15, -0.1) is 0 Å². The number of carbonyl (C=O) groups is 1. The first-order chi connectivity index (χ1) is 9.33. The molecule has 1 aromatic carbocycles. The van der Waals surface area contributed by atoms with Crippen LogP contribution in [0.4, 0.5) is 13.2 Å². The van der Waals surface area contributed by atoms with Crippen molar-refractivity contribution in [3.8, 4) is 11.8 Å². The molecule has 0 atom stereocenters. The standard InChI is InChI=1S/C14H14F3NO2/c1-10-5-6-12(11(8-10)4-2-3-7-19)13(20)18-9-14(15,16)17/h5-6,8,19H,3,7,9H2,1H3,(H,18,20). The molecule has 0 unspecified atom stereocenters. The number of carbonyl (C=O) groups excluding carboxylic acids is 1. The molecule has 0 aliphatic carbocycles. The zero-order chi connectivity index (χ0) is 15.2. The van der Waals surface area contributed by atoms with E-state index in [-0.39, 0.29) is 18.6 Å². The number of alkyl halides is 3. The molecule has 108 valence electrons. The predicted molar refractivity (Wildman–Crippen MR) is 68.1 cm³/mol. The summed E-state index contributed by atoms with van der Waals surface area (Å²) in [4.78, 5) is 11.7. The van der Waals surface area contributed by atoms with Crippen LogP contribution in [-0.4, -0.2) is 30.3 Å². The van der Waals surface area contributed by atoms with Gasteiger partial charge in [-0.05, 0) is 24.6 Å². The molecule has 1 amide bonds. The second kappa shape index (κ2) is 6.96. The highest BCUT2D eigenvalue weighted by Gasteiger charge is 2.28. The summed E-state index contributed by atoms with van der Waals surface area (Å²) in [7, 11) is 0. The summed E-state index contributed by atoms with van der Waals surface area (Å²) in [6, 6.07) is 4.68. The molecule has 1 aromatic rings. The average molecular weight is 285 g/mol. The van der Waals surface area contributed by atoms with Crippen molar-refractivity contribution >= 4 is 5.91 Å². The minimum atomic E-state index is -4.46. The van der Waals surface area contributed by atoms with Gasteiger partial charge in [-0.1, -0.05) is 17.9 Å². The Labute approximate surface area is 114 Å². The Bertz CT molecular complexity index is 542. The molecule has 0 aliphatic heterocycles. The topological polar surface area (TPSA) is 49.3 Å². The number of aliphatic hydroxyl groups excluding tert-OH is 1. The Morgan fingerprint density at radius 3 is 2.70 bits per heavy atom. The Kier molecular flexibility index (Phi) is 5.59. The second-order valence-corrected chi connectivity index (χ2v) is 4.12. The van der Waals surface area contributed by atoms with Crippen LogP contribution in [0.5, 0.6) is 0 Å². The van der Waals surface area contributed by atoms with Crippen molar-refractivity contribution < 1.29 is 23.1 Å².